The summed E-state index contributed by atoms with van der Waals surface area (Å²) in [6.45, 7) is 0.639. The number of aliphatic imine (C=N–C) groups is 1. The fourth-order valence-electron chi connectivity index (χ4n) is 3.71. The van der Waals surface area contributed by atoms with Crippen LogP contribution in [0.25, 0.3) is 10.9 Å². The van der Waals surface area contributed by atoms with Gasteiger partial charge in [-0.2, -0.15) is 5.06 Å². The van der Waals surface area contributed by atoms with Crippen molar-refractivity contribution in [2.45, 2.75) is 6.54 Å². The van der Waals surface area contributed by atoms with Gasteiger partial charge < -0.3 is 9.30 Å². The molecule has 160 valence electrons. The van der Waals surface area contributed by atoms with Gasteiger partial charge in [0.2, 0.25) is 0 Å². The summed E-state index contributed by atoms with van der Waals surface area (Å²) in [6, 6.07) is 18.8. The molecule has 32 heavy (non-hydrogen) atoms. The lowest BCUT2D eigenvalue weighted by Gasteiger charge is -2.15. The molecule has 2 aromatic carbocycles. The smallest absolute Gasteiger partial charge is 0.285 e. The fraction of sp³-hybridized carbons (Fsp3) is 0.125. The standard InChI is InChI=1S/C24H19ClN4O3/c1-31-18-9-10-22-19(12-18)20(14-28(22)13-16-5-7-17(25)8-6-16)24(30)29-23(27-15-32-29)21-4-2-3-11-26-21/h2-12,14H,13,15H2,1H3. The number of hydrogen-bond donors (Lipinski definition) is 0. The van der Waals surface area contributed by atoms with Gasteiger partial charge in [0.05, 0.1) is 12.7 Å². The minimum Gasteiger partial charge on any atom is -0.497 e. The lowest BCUT2D eigenvalue weighted by molar-refractivity contribution is -0.0504. The maximum atomic E-state index is 13.6. The van der Waals surface area contributed by atoms with Gasteiger partial charge in [-0.1, -0.05) is 29.8 Å². The zero-order valence-corrected chi connectivity index (χ0v) is 18.0. The molecule has 2 aromatic heterocycles. The highest BCUT2D eigenvalue weighted by atomic mass is 35.5. The monoisotopic (exact) mass is 446 g/mol. The molecule has 5 rings (SSSR count). The van der Waals surface area contributed by atoms with E-state index in [-0.39, 0.29) is 12.6 Å². The third kappa shape index (κ3) is 3.72. The number of amides is 1. The van der Waals surface area contributed by atoms with Crippen molar-refractivity contribution in [3.63, 3.8) is 0 Å². The van der Waals surface area contributed by atoms with Crippen LogP contribution in [0.2, 0.25) is 5.02 Å². The molecule has 0 unspecified atom stereocenters. The highest BCUT2D eigenvalue weighted by molar-refractivity contribution is 6.30. The summed E-state index contributed by atoms with van der Waals surface area (Å²) in [7, 11) is 1.60. The maximum absolute atomic E-state index is 13.6. The molecule has 0 atom stereocenters. The molecule has 0 saturated heterocycles. The topological polar surface area (TPSA) is 68.9 Å². The quantitative estimate of drug-likeness (QED) is 0.451. The normalized spacial score (nSPS) is 13.4. The summed E-state index contributed by atoms with van der Waals surface area (Å²) >= 11 is 6.02. The van der Waals surface area contributed by atoms with Gasteiger partial charge in [-0.25, -0.2) is 9.83 Å². The Kier molecular flexibility index (Phi) is 5.34. The molecule has 7 nitrogen and oxygen atoms in total. The SMILES string of the molecule is COc1ccc2c(c1)c(C(=O)N1OCN=C1c1ccccn1)cn2Cc1ccc(Cl)cc1. The summed E-state index contributed by atoms with van der Waals surface area (Å²) in [5.74, 6) is 0.730. The van der Waals surface area contributed by atoms with Gasteiger partial charge in [0.15, 0.2) is 12.6 Å². The molecule has 0 N–H and O–H groups in total. The molecule has 0 bridgehead atoms. The third-order valence-corrected chi connectivity index (χ3v) is 5.51. The van der Waals surface area contributed by atoms with Gasteiger partial charge in [0.1, 0.15) is 11.4 Å². The Labute approximate surface area is 189 Å². The number of rotatable bonds is 5. The molecule has 1 aliphatic rings. The fourth-order valence-corrected chi connectivity index (χ4v) is 3.83. The first-order chi connectivity index (χ1) is 15.6. The second-order valence-electron chi connectivity index (χ2n) is 7.23. The number of fused-ring (bicyclic) bond motifs is 1. The number of ether oxygens (including phenoxy) is 1. The van der Waals surface area contributed by atoms with Gasteiger partial charge in [0.25, 0.3) is 5.91 Å². The van der Waals surface area contributed by atoms with Crippen LogP contribution >= 0.6 is 11.6 Å². The molecule has 1 amide bonds. The maximum Gasteiger partial charge on any atom is 0.285 e. The first kappa shape index (κ1) is 20.2. The van der Waals surface area contributed by atoms with E-state index < -0.39 is 0 Å². The highest BCUT2D eigenvalue weighted by Gasteiger charge is 2.30. The van der Waals surface area contributed by atoms with Crippen molar-refractivity contribution in [1.82, 2.24) is 14.6 Å². The minimum absolute atomic E-state index is 0.0599. The molecular weight excluding hydrogens is 428 g/mol. The summed E-state index contributed by atoms with van der Waals surface area (Å²) in [6.07, 6.45) is 3.49. The number of nitrogens with zero attached hydrogens (tertiary/aromatic N) is 4. The summed E-state index contributed by atoms with van der Waals surface area (Å²) in [4.78, 5) is 27.8. The molecule has 0 radical (unpaired) electrons. The number of halogens is 1. The minimum atomic E-state index is -0.319. The van der Waals surface area contributed by atoms with Gasteiger partial charge in [0, 0.05) is 34.9 Å². The Bertz CT molecular complexity index is 1320. The van der Waals surface area contributed by atoms with E-state index >= 15 is 0 Å². The van der Waals surface area contributed by atoms with Crippen molar-refractivity contribution < 1.29 is 14.4 Å². The predicted molar refractivity (Wildman–Crippen MR) is 122 cm³/mol. The van der Waals surface area contributed by atoms with Crippen LogP contribution in [0.15, 0.2) is 78.0 Å². The largest absolute Gasteiger partial charge is 0.497 e. The molecule has 0 aliphatic carbocycles. The van der Waals surface area contributed by atoms with Crippen LogP contribution in [0.3, 0.4) is 0 Å². The van der Waals surface area contributed by atoms with E-state index in [0.29, 0.717) is 34.4 Å². The van der Waals surface area contributed by atoms with Crippen molar-refractivity contribution in [2.75, 3.05) is 13.8 Å². The van der Waals surface area contributed by atoms with Crippen LogP contribution in [-0.2, 0) is 11.4 Å². The first-order valence-corrected chi connectivity index (χ1v) is 10.4. The number of hydrogen-bond acceptors (Lipinski definition) is 5. The molecule has 4 aromatic rings. The number of benzene rings is 2. The summed E-state index contributed by atoms with van der Waals surface area (Å²) in [5, 5.41) is 2.65. The number of hydroxylamine groups is 2. The van der Waals surface area contributed by atoms with Crippen LogP contribution < -0.4 is 4.74 Å². The van der Waals surface area contributed by atoms with Gasteiger partial charge in [-0.15, -0.1) is 0 Å². The van der Waals surface area contributed by atoms with Crippen molar-refractivity contribution in [3.8, 4) is 5.75 Å². The Balaban J connectivity index is 1.56. The van der Waals surface area contributed by atoms with E-state index in [2.05, 4.69) is 9.98 Å². The molecule has 0 fully saturated rings. The molecular formula is C24H19ClN4O3. The molecule has 0 saturated carbocycles. The predicted octanol–water partition coefficient (Wildman–Crippen LogP) is 4.54. The second-order valence-corrected chi connectivity index (χ2v) is 7.67. The van der Waals surface area contributed by atoms with Crippen LogP contribution in [-0.4, -0.2) is 40.2 Å². The van der Waals surface area contributed by atoms with Crippen LogP contribution in [0, 0.1) is 0 Å². The van der Waals surface area contributed by atoms with Crippen LogP contribution in [0.5, 0.6) is 5.75 Å². The molecule has 3 heterocycles. The average molecular weight is 447 g/mol. The number of carbonyl (C=O) groups is 1. The van der Waals surface area contributed by atoms with Gasteiger partial charge in [-0.3, -0.25) is 9.78 Å². The number of amidine groups is 1. The zero-order chi connectivity index (χ0) is 22.1. The van der Waals surface area contributed by atoms with Crippen LogP contribution in [0.4, 0.5) is 0 Å². The van der Waals surface area contributed by atoms with E-state index in [0.717, 1.165) is 16.5 Å². The van der Waals surface area contributed by atoms with E-state index in [1.54, 1.807) is 19.4 Å². The van der Waals surface area contributed by atoms with Gasteiger partial charge in [-0.05, 0) is 48.0 Å². The van der Waals surface area contributed by atoms with Crippen molar-refractivity contribution in [1.29, 1.82) is 0 Å². The van der Waals surface area contributed by atoms with E-state index in [1.807, 2.05) is 65.4 Å². The number of carbonyl (C=O) groups excluding carboxylic acids is 1. The number of pyridine rings is 1. The lowest BCUT2D eigenvalue weighted by Crippen LogP contribution is -2.33. The van der Waals surface area contributed by atoms with E-state index in [1.165, 1.54) is 5.06 Å². The molecule has 8 heteroatoms. The Hall–Kier alpha value is -3.68. The third-order valence-electron chi connectivity index (χ3n) is 5.26. The Morgan fingerprint density at radius 1 is 1.16 bits per heavy atom. The lowest BCUT2D eigenvalue weighted by atomic mass is 10.1. The van der Waals surface area contributed by atoms with Crippen LogP contribution in [0.1, 0.15) is 21.6 Å². The summed E-state index contributed by atoms with van der Waals surface area (Å²) in [5.41, 5.74) is 3.02. The van der Waals surface area contributed by atoms with Crippen molar-refractivity contribution in [2.24, 2.45) is 4.99 Å². The average Bonchev–Trinajstić information content (AvgIpc) is 3.46. The zero-order valence-electron chi connectivity index (χ0n) is 17.2. The second kappa shape index (κ2) is 8.45. The van der Waals surface area contributed by atoms with Crippen molar-refractivity contribution >= 4 is 34.2 Å². The first-order valence-electron chi connectivity index (χ1n) is 9.98. The highest BCUT2D eigenvalue weighted by Crippen LogP contribution is 2.29. The van der Waals surface area contributed by atoms with Crippen molar-refractivity contribution in [3.05, 3.63) is 94.9 Å². The van der Waals surface area contributed by atoms with E-state index in [9.17, 15) is 4.79 Å². The van der Waals surface area contributed by atoms with Gasteiger partial charge >= 0.3 is 0 Å². The molecule has 0 spiro atoms. The van der Waals surface area contributed by atoms with E-state index in [4.69, 9.17) is 21.2 Å². The Morgan fingerprint density at radius 2 is 2.00 bits per heavy atom. The number of methoxy groups -OCH3 is 1. The summed E-state index contributed by atoms with van der Waals surface area (Å²) < 4.78 is 7.43. The molecule has 1 aliphatic heterocycles. The number of aromatic nitrogens is 2. The Morgan fingerprint density at radius 3 is 2.75 bits per heavy atom.